The maximum absolute atomic E-state index is 15.3. The highest BCUT2D eigenvalue weighted by Gasteiger charge is 2.35. The summed E-state index contributed by atoms with van der Waals surface area (Å²) in [5.41, 5.74) is 12.1. The first-order valence-electron chi connectivity index (χ1n) is 24.3. The van der Waals surface area contributed by atoms with Crippen molar-refractivity contribution in [3.05, 3.63) is 257 Å². The molecule has 0 saturated heterocycles. The van der Waals surface area contributed by atoms with Gasteiger partial charge in [-0.25, -0.2) is 14.5 Å². The Morgan fingerprint density at radius 3 is 1.18 bits per heavy atom. The van der Waals surface area contributed by atoms with Crippen LogP contribution in [0.15, 0.2) is 200 Å². The van der Waals surface area contributed by atoms with Crippen LogP contribution in [0.3, 0.4) is 0 Å². The lowest BCUT2D eigenvalue weighted by Gasteiger charge is -2.22. The molecule has 360 valence electrons. The van der Waals surface area contributed by atoms with E-state index < -0.39 is 11.7 Å². The number of fused-ring (bicyclic) bond motifs is 6. The Bertz CT molecular complexity index is 4480. The average molecular weight is 996 g/mol. The molecule has 77 heavy (non-hydrogen) atoms. The molecule has 0 aliphatic rings. The number of nitrogens with zero attached hydrogens (tertiary/aromatic N) is 7. The molecule has 0 fully saturated rings. The second kappa shape index (κ2) is 18.5. The highest BCUT2D eigenvalue weighted by Crippen LogP contribution is 2.48. The van der Waals surface area contributed by atoms with Gasteiger partial charge in [0.2, 0.25) is 0 Å². The predicted molar refractivity (Wildman–Crippen MR) is 300 cm³/mol. The van der Waals surface area contributed by atoms with E-state index >= 15 is 13.2 Å². The van der Waals surface area contributed by atoms with Gasteiger partial charge in [-0.2, -0.15) is 23.7 Å². The van der Waals surface area contributed by atoms with Crippen LogP contribution in [0.4, 0.5) is 30.2 Å². The van der Waals surface area contributed by atoms with E-state index in [1.807, 2.05) is 121 Å². The van der Waals surface area contributed by atoms with Crippen molar-refractivity contribution in [3.63, 3.8) is 0 Å². The quantitative estimate of drug-likeness (QED) is 0.149. The number of benzene rings is 10. The third-order valence-electron chi connectivity index (χ3n) is 14.3. The van der Waals surface area contributed by atoms with Gasteiger partial charge >= 0.3 is 6.18 Å². The van der Waals surface area contributed by atoms with Crippen LogP contribution >= 0.6 is 0 Å². The summed E-state index contributed by atoms with van der Waals surface area (Å²) < 4.78 is 50.0. The maximum Gasteiger partial charge on any atom is 0.416 e. The van der Waals surface area contributed by atoms with Crippen LogP contribution in [0.25, 0.3) is 125 Å². The van der Waals surface area contributed by atoms with Gasteiger partial charge in [-0.15, -0.1) is 0 Å². The molecule has 0 aliphatic carbocycles. The Balaban J connectivity index is 1.23. The van der Waals surface area contributed by atoms with Crippen LogP contribution in [0, 0.1) is 49.3 Å². The summed E-state index contributed by atoms with van der Waals surface area (Å²) in [6, 6.07) is 65.6. The summed E-state index contributed by atoms with van der Waals surface area (Å²) in [5, 5.41) is 23.1. The smallest absolute Gasteiger partial charge is 0.308 e. The molecule has 2 heterocycles. The number of rotatable bonds is 7. The largest absolute Gasteiger partial charge is 0.416 e. The Hall–Kier alpha value is -11.0. The zero-order valence-electron chi connectivity index (χ0n) is 40.8. The monoisotopic (exact) mass is 995 g/mol. The molecule has 12 rings (SSSR count). The number of nitriles is 2. The lowest BCUT2D eigenvalue weighted by Crippen LogP contribution is -2.09. The van der Waals surface area contributed by atoms with Crippen molar-refractivity contribution in [2.45, 2.75) is 13.1 Å². The standard InChI is InChI=1S/C67H36F3N7/c1-40-10-5-19-58(67(68,69)70)66(40)57-36-64(76-60-24-20-47(43-13-6-11-41(28-43)38-71)32-53(60)54-33-48(21-25-61(54)76)44-14-7-12-42(29-44)39-72)65(37-59(57)75-4)77-62-26-22-49(45-15-8-17-51(30-45)73-2)34-55(62)56-35-50(23-27-63(56)77)46-16-9-18-52(31-46)74-3/h5-37H,1H3. The number of aromatic nitrogens is 2. The van der Waals surface area contributed by atoms with Gasteiger partial charge < -0.3 is 9.13 Å². The molecule has 2 aromatic heterocycles. The Kier molecular flexibility index (Phi) is 11.3. The fourth-order valence-electron chi connectivity index (χ4n) is 10.8. The molecule has 0 spiro atoms. The number of hydrogen-bond acceptors (Lipinski definition) is 2. The van der Waals surface area contributed by atoms with Crippen molar-refractivity contribution >= 4 is 60.7 Å². The van der Waals surface area contributed by atoms with E-state index in [4.69, 9.17) is 19.7 Å². The summed E-state index contributed by atoms with van der Waals surface area (Å²) in [7, 11) is 0. The van der Waals surface area contributed by atoms with Gasteiger partial charge in [0, 0.05) is 21.5 Å². The number of hydrogen-bond donors (Lipinski definition) is 0. The SMILES string of the molecule is [C-]#[N+]c1cccc(-c2ccc3c(c2)c2cc(-c4cccc([N+]#[C-])c4)ccc2n3-c2cc([N+]#[C-])c(-c3c(C)cccc3C(F)(F)F)cc2-n2c3ccc(-c4cccc(C#N)c4)cc3c3cc(-c4cccc(C#N)c4)ccc32)c1. The van der Waals surface area contributed by atoms with Crippen molar-refractivity contribution in [1.82, 2.24) is 9.13 Å². The van der Waals surface area contributed by atoms with Gasteiger partial charge in [0.25, 0.3) is 0 Å². The summed E-state index contributed by atoms with van der Waals surface area (Å²) >= 11 is 0. The van der Waals surface area contributed by atoms with E-state index in [0.29, 0.717) is 39.4 Å². The maximum atomic E-state index is 15.3. The minimum Gasteiger partial charge on any atom is -0.308 e. The van der Waals surface area contributed by atoms with E-state index in [9.17, 15) is 10.5 Å². The van der Waals surface area contributed by atoms with E-state index in [0.717, 1.165) is 94.2 Å². The zero-order chi connectivity index (χ0) is 53.1. The summed E-state index contributed by atoms with van der Waals surface area (Å²) in [6.45, 7) is 25.8. The number of alkyl halides is 3. The zero-order valence-corrected chi connectivity index (χ0v) is 40.8. The minimum absolute atomic E-state index is 0.0128. The Morgan fingerprint density at radius 1 is 0.416 bits per heavy atom. The van der Waals surface area contributed by atoms with Crippen molar-refractivity contribution < 1.29 is 13.2 Å². The van der Waals surface area contributed by atoms with Gasteiger partial charge in [-0.1, -0.05) is 97.1 Å². The number of halogens is 3. The molecule has 0 amide bonds. The van der Waals surface area contributed by atoms with Crippen LogP contribution in [0.2, 0.25) is 0 Å². The van der Waals surface area contributed by atoms with Gasteiger partial charge in [0.15, 0.2) is 17.1 Å². The third-order valence-corrected chi connectivity index (χ3v) is 14.3. The normalized spacial score (nSPS) is 11.3. The molecular formula is C67H36F3N7. The third kappa shape index (κ3) is 8.06. The van der Waals surface area contributed by atoms with E-state index in [-0.39, 0.29) is 16.8 Å². The highest BCUT2D eigenvalue weighted by molar-refractivity contribution is 6.14. The van der Waals surface area contributed by atoms with Gasteiger partial charge in [-0.3, -0.25) is 0 Å². The van der Waals surface area contributed by atoms with Crippen LogP contribution in [-0.4, -0.2) is 9.13 Å². The van der Waals surface area contributed by atoms with Gasteiger partial charge in [-0.05, 0) is 171 Å². The van der Waals surface area contributed by atoms with E-state index in [2.05, 4.69) is 60.1 Å². The van der Waals surface area contributed by atoms with E-state index in [1.54, 1.807) is 49.4 Å². The second-order valence-electron chi connectivity index (χ2n) is 18.8. The van der Waals surface area contributed by atoms with Crippen molar-refractivity contribution in [3.8, 4) is 79.1 Å². The van der Waals surface area contributed by atoms with E-state index in [1.165, 1.54) is 6.07 Å². The highest BCUT2D eigenvalue weighted by atomic mass is 19.4. The first-order chi connectivity index (χ1) is 37.5. The molecule has 0 bridgehead atoms. The fraction of sp³-hybridized carbons (Fsp3) is 0.0299. The van der Waals surface area contributed by atoms with Crippen LogP contribution in [0.1, 0.15) is 22.3 Å². The summed E-state index contributed by atoms with van der Waals surface area (Å²) in [4.78, 5) is 11.4. The van der Waals surface area contributed by atoms with Gasteiger partial charge in [0.05, 0.1) is 82.0 Å². The molecule has 7 nitrogen and oxygen atoms in total. The first-order valence-corrected chi connectivity index (χ1v) is 24.3. The molecule has 0 atom stereocenters. The second-order valence-corrected chi connectivity index (χ2v) is 18.8. The molecule has 0 N–H and O–H groups in total. The van der Waals surface area contributed by atoms with Crippen LogP contribution in [0.5, 0.6) is 0 Å². The van der Waals surface area contributed by atoms with Crippen LogP contribution in [-0.2, 0) is 6.18 Å². The first kappa shape index (κ1) is 47.1. The molecule has 0 radical (unpaired) electrons. The molecular weight excluding hydrogens is 960 g/mol. The molecule has 0 saturated carbocycles. The Labute approximate surface area is 440 Å². The lowest BCUT2D eigenvalue weighted by molar-refractivity contribution is -0.137. The number of aryl methyl sites for hydroxylation is 1. The average Bonchev–Trinajstić information content (AvgIpc) is 3.99. The summed E-state index contributed by atoms with van der Waals surface area (Å²) in [5.74, 6) is 0. The molecule has 10 aromatic carbocycles. The Morgan fingerprint density at radius 2 is 0.792 bits per heavy atom. The predicted octanol–water partition coefficient (Wildman–Crippen LogP) is 18.9. The topological polar surface area (TPSA) is 70.5 Å². The molecule has 0 unspecified atom stereocenters. The minimum atomic E-state index is -4.75. The molecule has 0 aliphatic heterocycles. The fourth-order valence-corrected chi connectivity index (χ4v) is 10.8. The molecule has 10 heteroatoms. The van der Waals surface area contributed by atoms with Crippen molar-refractivity contribution in [2.75, 3.05) is 0 Å². The molecule has 12 aromatic rings. The van der Waals surface area contributed by atoms with Crippen molar-refractivity contribution in [1.29, 1.82) is 10.5 Å². The van der Waals surface area contributed by atoms with Crippen molar-refractivity contribution in [2.24, 2.45) is 0 Å². The van der Waals surface area contributed by atoms with Gasteiger partial charge in [0.1, 0.15) is 0 Å². The van der Waals surface area contributed by atoms with Crippen LogP contribution < -0.4 is 0 Å². The summed E-state index contributed by atoms with van der Waals surface area (Å²) in [6.07, 6.45) is -4.75. The lowest BCUT2D eigenvalue weighted by atomic mass is 9.92.